The van der Waals surface area contributed by atoms with E-state index >= 15 is 0 Å². The van der Waals surface area contributed by atoms with Gasteiger partial charge in [0.1, 0.15) is 0 Å². The predicted molar refractivity (Wildman–Crippen MR) is 114 cm³/mol. The summed E-state index contributed by atoms with van der Waals surface area (Å²) in [6.07, 6.45) is 11.4. The Labute approximate surface area is 222 Å². The van der Waals surface area contributed by atoms with Crippen LogP contribution >= 0.6 is 0 Å². The number of hydrogen-bond donors (Lipinski definition) is 0. The van der Waals surface area contributed by atoms with Gasteiger partial charge in [-0.05, 0) is 49.0 Å². The van der Waals surface area contributed by atoms with Gasteiger partial charge >= 0.3 is 46.1 Å². The molecule has 0 amide bonds. The minimum absolute atomic E-state index is 0. The second-order valence-corrected chi connectivity index (χ2v) is 6.88. The van der Waals surface area contributed by atoms with Crippen LogP contribution in [0.2, 0.25) is 0 Å². The van der Waals surface area contributed by atoms with Crippen molar-refractivity contribution in [1.82, 2.24) is 0 Å². The van der Waals surface area contributed by atoms with Crippen molar-refractivity contribution in [3.05, 3.63) is 23.3 Å². The number of carbonyl (C=O) groups is 4. The van der Waals surface area contributed by atoms with E-state index in [4.69, 9.17) is 0 Å². The summed E-state index contributed by atoms with van der Waals surface area (Å²) in [5.41, 5.74) is -0.377. The molecular weight excluding hydrogens is 441 g/mol. The molecule has 0 bridgehead atoms. The number of aliphatic carboxylic acids is 4. The molecule has 0 spiro atoms. The van der Waals surface area contributed by atoms with Crippen molar-refractivity contribution >= 4 is 70.0 Å². The van der Waals surface area contributed by atoms with Crippen LogP contribution in [0.4, 0.5) is 0 Å². The largest absolute Gasteiger partial charge is 2.00 e. The Morgan fingerprint density at radius 1 is 0.531 bits per heavy atom. The number of hydrogen-bond acceptors (Lipinski definition) is 8. The van der Waals surface area contributed by atoms with Crippen LogP contribution in [0.1, 0.15) is 90.9 Å². The van der Waals surface area contributed by atoms with Crippen LogP contribution < -0.4 is 20.4 Å². The van der Waals surface area contributed by atoms with E-state index in [1.165, 1.54) is 0 Å². The SMILES string of the molecule is CCCCCCC/C(=C/C(=O)[O-])C(=O)[O-].CCCCCCC/C(=C/C(=O)[O-])C(=O)[O-].[Mg+2].[Mg+2]. The molecule has 0 fully saturated rings. The Balaban J connectivity index is -0.000000231. The van der Waals surface area contributed by atoms with E-state index in [0.717, 1.165) is 51.4 Å². The number of carboxylic acid groups (broad SMARTS) is 4. The van der Waals surface area contributed by atoms with Crippen molar-refractivity contribution in [2.24, 2.45) is 0 Å². The molecule has 0 aromatic carbocycles. The Hall–Kier alpha value is -1.11. The van der Waals surface area contributed by atoms with Crippen LogP contribution in [0.15, 0.2) is 23.3 Å². The molecule has 0 aliphatic rings. The van der Waals surface area contributed by atoms with Crippen LogP contribution in [0, 0.1) is 0 Å². The van der Waals surface area contributed by atoms with Crippen molar-refractivity contribution < 1.29 is 39.6 Å². The second kappa shape index (κ2) is 26.1. The van der Waals surface area contributed by atoms with Gasteiger partial charge in [0.25, 0.3) is 0 Å². The first-order valence-electron chi connectivity index (χ1n) is 10.4. The fraction of sp³-hybridized carbons (Fsp3) is 0.636. The molecule has 0 unspecified atom stereocenters. The van der Waals surface area contributed by atoms with Crippen molar-refractivity contribution in [3.8, 4) is 0 Å². The molecule has 0 heterocycles. The van der Waals surface area contributed by atoms with Gasteiger partial charge in [-0.15, -0.1) is 0 Å². The van der Waals surface area contributed by atoms with E-state index in [0.29, 0.717) is 25.0 Å². The molecule has 0 radical (unpaired) electrons. The van der Waals surface area contributed by atoms with Gasteiger partial charge in [0.2, 0.25) is 0 Å². The summed E-state index contributed by atoms with van der Waals surface area (Å²) in [4.78, 5) is 41.3. The van der Waals surface area contributed by atoms with Crippen LogP contribution in [0.5, 0.6) is 0 Å². The zero-order valence-corrected chi connectivity index (χ0v) is 22.1. The molecule has 0 aromatic heterocycles. The molecular formula is C22H32Mg2O8. The van der Waals surface area contributed by atoms with E-state index in [2.05, 4.69) is 13.8 Å². The molecule has 0 atom stereocenters. The molecule has 0 aliphatic heterocycles. The smallest absolute Gasteiger partial charge is 0.545 e. The van der Waals surface area contributed by atoms with Gasteiger partial charge in [0, 0.05) is 0 Å². The number of carbonyl (C=O) groups excluding carboxylic acids is 4. The van der Waals surface area contributed by atoms with Crippen LogP contribution in [-0.4, -0.2) is 70.0 Å². The van der Waals surface area contributed by atoms with Gasteiger partial charge in [-0.25, -0.2) is 0 Å². The summed E-state index contributed by atoms with van der Waals surface area (Å²) in [5.74, 6) is -5.81. The quantitative estimate of drug-likeness (QED) is 0.153. The average Bonchev–Trinajstić information content (AvgIpc) is 2.65. The van der Waals surface area contributed by atoms with Gasteiger partial charge in [-0.3, -0.25) is 0 Å². The van der Waals surface area contributed by atoms with Gasteiger partial charge < -0.3 is 39.6 Å². The molecule has 172 valence electrons. The van der Waals surface area contributed by atoms with E-state index < -0.39 is 23.9 Å². The standard InChI is InChI=1S/2C11H18O4.2Mg/c2*1-2-3-4-5-6-7-9(11(14)15)8-10(12)13;;/h2*8H,2-7H2,1H3,(H,12,13)(H,14,15);;/q;;2*+2/p-4/b2*9-8-;;. The zero-order chi connectivity index (χ0) is 23.4. The van der Waals surface area contributed by atoms with Crippen LogP contribution in [0.25, 0.3) is 0 Å². The maximum atomic E-state index is 10.5. The Morgan fingerprint density at radius 3 is 1.03 bits per heavy atom. The topological polar surface area (TPSA) is 161 Å². The third-order valence-corrected chi connectivity index (χ3v) is 4.21. The van der Waals surface area contributed by atoms with E-state index in [9.17, 15) is 39.6 Å². The molecule has 0 saturated heterocycles. The van der Waals surface area contributed by atoms with E-state index in [-0.39, 0.29) is 70.1 Å². The van der Waals surface area contributed by atoms with Crippen molar-refractivity contribution in [3.63, 3.8) is 0 Å². The maximum Gasteiger partial charge on any atom is 2.00 e. The molecule has 0 saturated carbocycles. The van der Waals surface area contributed by atoms with Crippen LogP contribution in [0.3, 0.4) is 0 Å². The first-order valence-corrected chi connectivity index (χ1v) is 10.4. The molecule has 0 aliphatic carbocycles. The number of carboxylic acids is 4. The van der Waals surface area contributed by atoms with Gasteiger partial charge in [-0.1, -0.05) is 65.2 Å². The number of rotatable bonds is 16. The Bertz CT molecular complexity index is 549. The molecule has 0 aromatic rings. The zero-order valence-electron chi connectivity index (χ0n) is 19.3. The summed E-state index contributed by atoms with van der Waals surface area (Å²) in [6, 6.07) is 0. The molecule has 8 nitrogen and oxygen atoms in total. The summed E-state index contributed by atoms with van der Waals surface area (Å²) >= 11 is 0. The minimum Gasteiger partial charge on any atom is -0.545 e. The molecule has 10 heteroatoms. The average molecular weight is 473 g/mol. The Kier molecular flexibility index (Phi) is 31.2. The third-order valence-electron chi connectivity index (χ3n) is 4.21. The summed E-state index contributed by atoms with van der Waals surface area (Å²) in [7, 11) is 0. The normalized spacial score (nSPS) is 10.7. The third kappa shape index (κ3) is 26.9. The fourth-order valence-electron chi connectivity index (χ4n) is 2.59. The second-order valence-electron chi connectivity index (χ2n) is 6.88. The van der Waals surface area contributed by atoms with Crippen molar-refractivity contribution in [1.29, 1.82) is 0 Å². The number of unbranched alkanes of at least 4 members (excludes halogenated alkanes) is 8. The summed E-state index contributed by atoms with van der Waals surface area (Å²) < 4.78 is 0. The summed E-state index contributed by atoms with van der Waals surface area (Å²) in [6.45, 7) is 4.17. The minimum atomic E-state index is -1.48. The first kappa shape index (κ1) is 38.2. The van der Waals surface area contributed by atoms with Crippen molar-refractivity contribution in [2.45, 2.75) is 90.9 Å². The Morgan fingerprint density at radius 2 is 0.812 bits per heavy atom. The molecule has 32 heavy (non-hydrogen) atoms. The predicted octanol–water partition coefficient (Wildman–Crippen LogP) is -1.22. The van der Waals surface area contributed by atoms with Crippen LogP contribution in [-0.2, 0) is 19.2 Å². The van der Waals surface area contributed by atoms with Crippen molar-refractivity contribution in [2.75, 3.05) is 0 Å². The fourth-order valence-corrected chi connectivity index (χ4v) is 2.59. The molecule has 0 rings (SSSR count). The van der Waals surface area contributed by atoms with E-state index in [1.54, 1.807) is 0 Å². The maximum absolute atomic E-state index is 10.5. The molecule has 0 N–H and O–H groups in total. The van der Waals surface area contributed by atoms with Gasteiger partial charge in [0.15, 0.2) is 0 Å². The first-order chi connectivity index (χ1) is 14.1. The van der Waals surface area contributed by atoms with E-state index in [1.807, 2.05) is 0 Å². The van der Waals surface area contributed by atoms with Gasteiger partial charge in [0.05, 0.1) is 23.9 Å². The summed E-state index contributed by atoms with van der Waals surface area (Å²) in [5, 5.41) is 41.3. The van der Waals surface area contributed by atoms with Gasteiger partial charge in [-0.2, -0.15) is 0 Å². The monoisotopic (exact) mass is 472 g/mol.